The van der Waals surface area contributed by atoms with E-state index < -0.39 is 52.4 Å². The van der Waals surface area contributed by atoms with Gasteiger partial charge in [-0.15, -0.1) is 0 Å². The predicted octanol–water partition coefficient (Wildman–Crippen LogP) is 8.01. The fraction of sp³-hybridized carbons (Fsp3) is 0.529. The molecule has 0 bridgehead atoms. The van der Waals surface area contributed by atoms with Crippen LogP contribution in [0.2, 0.25) is 0 Å². The topological polar surface area (TPSA) is 77.9 Å². The van der Waals surface area contributed by atoms with Crippen LogP contribution < -0.4 is 4.74 Å². The lowest BCUT2D eigenvalue weighted by molar-refractivity contribution is -0.151. The molecule has 3 aliphatic rings. The minimum absolute atomic E-state index is 0.0629. The molecule has 242 valence electrons. The molecule has 45 heavy (non-hydrogen) atoms. The van der Waals surface area contributed by atoms with E-state index in [9.17, 15) is 31.5 Å². The molecule has 2 fully saturated rings. The quantitative estimate of drug-likeness (QED) is 0.185. The molecule has 1 aromatic carbocycles. The van der Waals surface area contributed by atoms with E-state index in [4.69, 9.17) is 9.47 Å². The van der Waals surface area contributed by atoms with Gasteiger partial charge in [-0.05, 0) is 81.2 Å². The number of hydrogen-bond acceptors (Lipinski definition) is 6. The molecule has 2 saturated carbocycles. The summed E-state index contributed by atoms with van der Waals surface area (Å²) in [6.45, 7) is 0.865. The second-order valence-electron chi connectivity index (χ2n) is 12.4. The van der Waals surface area contributed by atoms with Crippen molar-refractivity contribution >= 4 is 17.3 Å². The van der Waals surface area contributed by atoms with Crippen LogP contribution in [-0.4, -0.2) is 41.6 Å². The minimum Gasteiger partial charge on any atom is -0.479 e. The summed E-state index contributed by atoms with van der Waals surface area (Å²) in [6.07, 6.45) is 5.20. The standard InChI is InChI=1S/C34H37F5N2O4/c1-32(35,36)27-13-17-40-20-26(27)30(42)25-5-3-15-33(28(25)14-18-44-2,45-24-11-9-23(10-12-24)34(37,38)39)31(43)22-8-7-21(19-22)29-6-4-16-41-29/h4,9-13,16-17,20-22,25,28H,3,5-8,14-15,18-19H2,1-2H3/t21?,22?,25?,28?,33-/m0/s1. The Kier molecular flexibility index (Phi) is 9.58. The lowest BCUT2D eigenvalue weighted by Crippen LogP contribution is -2.59. The highest BCUT2D eigenvalue weighted by molar-refractivity contribution is 6.01. The summed E-state index contributed by atoms with van der Waals surface area (Å²) in [6, 6.07) is 5.28. The number of ether oxygens (including phenoxy) is 2. The van der Waals surface area contributed by atoms with E-state index in [0.717, 1.165) is 42.9 Å². The number of allylic oxidation sites excluding steroid dienone is 1. The number of aromatic nitrogens is 1. The number of pyridine rings is 1. The van der Waals surface area contributed by atoms with Crippen molar-refractivity contribution < 1.29 is 41.0 Å². The van der Waals surface area contributed by atoms with E-state index in [1.807, 2.05) is 6.08 Å². The molecule has 2 heterocycles. The van der Waals surface area contributed by atoms with Gasteiger partial charge in [0.25, 0.3) is 5.92 Å². The van der Waals surface area contributed by atoms with Crippen LogP contribution >= 0.6 is 0 Å². The maximum Gasteiger partial charge on any atom is 0.416 e. The van der Waals surface area contributed by atoms with Crippen LogP contribution in [-0.2, 0) is 21.6 Å². The smallest absolute Gasteiger partial charge is 0.416 e. The van der Waals surface area contributed by atoms with Crippen LogP contribution in [0, 0.1) is 23.7 Å². The zero-order valence-electron chi connectivity index (χ0n) is 25.3. The monoisotopic (exact) mass is 632 g/mol. The van der Waals surface area contributed by atoms with Gasteiger partial charge < -0.3 is 9.47 Å². The Morgan fingerprint density at radius 1 is 1.04 bits per heavy atom. The van der Waals surface area contributed by atoms with Crippen molar-refractivity contribution in [2.24, 2.45) is 28.7 Å². The molecule has 1 aliphatic heterocycles. The Hall–Kier alpha value is -3.47. The van der Waals surface area contributed by atoms with Gasteiger partial charge in [0.15, 0.2) is 17.2 Å². The highest BCUT2D eigenvalue weighted by atomic mass is 19.4. The van der Waals surface area contributed by atoms with Gasteiger partial charge in [0.1, 0.15) is 5.75 Å². The zero-order valence-corrected chi connectivity index (χ0v) is 25.3. The van der Waals surface area contributed by atoms with Crippen LogP contribution in [0.1, 0.15) is 79.8 Å². The molecule has 11 heteroatoms. The zero-order chi connectivity index (χ0) is 32.4. The highest BCUT2D eigenvalue weighted by Gasteiger charge is 2.57. The first-order valence-electron chi connectivity index (χ1n) is 15.3. The fourth-order valence-electron chi connectivity index (χ4n) is 7.38. The average molecular weight is 633 g/mol. The van der Waals surface area contributed by atoms with Crippen molar-refractivity contribution in [2.75, 3.05) is 13.7 Å². The molecule has 6 nitrogen and oxygen atoms in total. The molecule has 0 spiro atoms. The molecule has 5 rings (SSSR count). The van der Waals surface area contributed by atoms with Crippen molar-refractivity contribution in [2.45, 2.75) is 76.0 Å². The van der Waals surface area contributed by atoms with E-state index in [1.54, 1.807) is 6.20 Å². The molecule has 0 radical (unpaired) electrons. The molecule has 2 aromatic rings. The Bertz CT molecular complexity index is 1450. The maximum absolute atomic E-state index is 14.8. The third kappa shape index (κ3) is 6.88. The summed E-state index contributed by atoms with van der Waals surface area (Å²) in [5.74, 6) is -6.04. The van der Waals surface area contributed by atoms with E-state index in [0.29, 0.717) is 32.6 Å². The maximum atomic E-state index is 14.8. The van der Waals surface area contributed by atoms with Gasteiger partial charge in [-0.25, -0.2) is 8.78 Å². The molecule has 0 N–H and O–H groups in total. The average Bonchev–Trinajstić information content (AvgIpc) is 3.72. The van der Waals surface area contributed by atoms with Gasteiger partial charge >= 0.3 is 6.18 Å². The number of Topliss-reactive ketones (excluding diaryl/α,β-unsaturated/α-hetero) is 2. The SMILES string of the molecule is COCCC1C(C(=O)c2cnccc2C(C)(F)F)CCC[C@@]1(Oc1ccc(C(F)(F)F)cc1)C(=O)C1CCC(C2=NC=CC2)C1. The summed E-state index contributed by atoms with van der Waals surface area (Å²) >= 11 is 0. The molecule has 4 unspecified atom stereocenters. The predicted molar refractivity (Wildman–Crippen MR) is 157 cm³/mol. The Morgan fingerprint density at radius 2 is 1.80 bits per heavy atom. The lowest BCUT2D eigenvalue weighted by atomic mass is 9.62. The number of carbonyl (C=O) groups excluding carboxylic acids is 2. The number of nitrogens with zero attached hydrogens (tertiary/aromatic N) is 2. The van der Waals surface area contributed by atoms with Gasteiger partial charge in [-0.2, -0.15) is 13.2 Å². The molecule has 2 aliphatic carbocycles. The molecule has 0 amide bonds. The van der Waals surface area contributed by atoms with Crippen LogP contribution in [0.3, 0.4) is 0 Å². The van der Waals surface area contributed by atoms with Gasteiger partial charge in [0, 0.05) is 80.2 Å². The molecular formula is C34H37F5N2O4. The Morgan fingerprint density at radius 3 is 2.44 bits per heavy atom. The third-order valence-corrected chi connectivity index (χ3v) is 9.52. The van der Waals surface area contributed by atoms with Crippen LogP contribution in [0.15, 0.2) is 60.0 Å². The van der Waals surface area contributed by atoms with Crippen molar-refractivity contribution in [3.63, 3.8) is 0 Å². The number of benzene rings is 1. The first kappa shape index (κ1) is 32.9. The minimum atomic E-state index is -4.56. The van der Waals surface area contributed by atoms with Crippen molar-refractivity contribution in [1.29, 1.82) is 0 Å². The van der Waals surface area contributed by atoms with E-state index >= 15 is 0 Å². The van der Waals surface area contributed by atoms with Crippen molar-refractivity contribution in [3.8, 4) is 5.75 Å². The summed E-state index contributed by atoms with van der Waals surface area (Å²) in [7, 11) is 1.48. The number of rotatable bonds is 11. The number of ketones is 2. The van der Waals surface area contributed by atoms with Crippen LogP contribution in [0.5, 0.6) is 5.75 Å². The normalized spacial score (nSPS) is 27.0. The summed E-state index contributed by atoms with van der Waals surface area (Å²) in [4.78, 5) is 37.4. The Balaban J connectivity index is 1.56. The lowest BCUT2D eigenvalue weighted by Gasteiger charge is -2.47. The molecule has 5 atom stereocenters. The van der Waals surface area contributed by atoms with E-state index in [1.165, 1.54) is 25.4 Å². The van der Waals surface area contributed by atoms with E-state index in [2.05, 4.69) is 9.98 Å². The number of aliphatic imine (C=N–C) groups is 1. The number of methoxy groups -OCH3 is 1. The van der Waals surface area contributed by atoms with Gasteiger partial charge in [-0.1, -0.05) is 6.08 Å². The second-order valence-corrected chi connectivity index (χ2v) is 12.4. The number of hydrogen-bond donors (Lipinski definition) is 0. The first-order chi connectivity index (χ1) is 21.3. The van der Waals surface area contributed by atoms with Gasteiger partial charge in [0.2, 0.25) is 0 Å². The largest absolute Gasteiger partial charge is 0.479 e. The number of alkyl halides is 5. The molecular weight excluding hydrogens is 595 g/mol. The second kappa shape index (κ2) is 13.1. The summed E-state index contributed by atoms with van der Waals surface area (Å²) < 4.78 is 81.2. The fourth-order valence-corrected chi connectivity index (χ4v) is 7.38. The molecule has 0 saturated heterocycles. The summed E-state index contributed by atoms with van der Waals surface area (Å²) in [5.41, 5.74) is -2.12. The third-order valence-electron chi connectivity index (χ3n) is 9.52. The Labute approximate surface area is 259 Å². The number of halogens is 5. The summed E-state index contributed by atoms with van der Waals surface area (Å²) in [5, 5.41) is 0. The van der Waals surface area contributed by atoms with Crippen LogP contribution in [0.25, 0.3) is 0 Å². The van der Waals surface area contributed by atoms with Crippen molar-refractivity contribution in [3.05, 3.63) is 71.7 Å². The van der Waals surface area contributed by atoms with Gasteiger partial charge in [-0.3, -0.25) is 19.6 Å². The highest BCUT2D eigenvalue weighted by Crippen LogP contribution is 2.49. The number of carbonyl (C=O) groups is 2. The van der Waals surface area contributed by atoms with E-state index in [-0.39, 0.29) is 42.5 Å². The van der Waals surface area contributed by atoms with Crippen molar-refractivity contribution in [1.82, 2.24) is 4.98 Å². The molecule has 1 aromatic heterocycles. The first-order valence-corrected chi connectivity index (χ1v) is 15.3. The van der Waals surface area contributed by atoms with Gasteiger partial charge in [0.05, 0.1) is 5.56 Å². The van der Waals surface area contributed by atoms with Crippen LogP contribution in [0.4, 0.5) is 22.0 Å².